The molecule has 4 rings (SSSR count). The van der Waals surface area contributed by atoms with Crippen LogP contribution in [0.3, 0.4) is 0 Å². The first-order chi connectivity index (χ1) is 18.6. The summed E-state index contributed by atoms with van der Waals surface area (Å²) >= 11 is 0. The van der Waals surface area contributed by atoms with Gasteiger partial charge in [0.25, 0.3) is 11.7 Å². The Bertz CT molecular complexity index is 1410. The fourth-order valence-corrected chi connectivity index (χ4v) is 4.47. The van der Waals surface area contributed by atoms with Gasteiger partial charge in [0, 0.05) is 31.0 Å². The van der Waals surface area contributed by atoms with Crippen LogP contribution in [-0.4, -0.2) is 48.6 Å². The molecule has 2 N–H and O–H groups in total. The van der Waals surface area contributed by atoms with E-state index in [0.717, 1.165) is 5.69 Å². The first kappa shape index (κ1) is 27.4. The number of amides is 1. The first-order valence-electron chi connectivity index (χ1n) is 12.7. The average Bonchev–Trinajstić information content (AvgIpc) is 3.17. The van der Waals surface area contributed by atoms with E-state index in [1.807, 2.05) is 57.1 Å². The predicted octanol–water partition coefficient (Wildman–Crippen LogP) is 5.04. The molecule has 8 heteroatoms. The number of aliphatic hydroxyl groups excluding tert-OH is 1. The zero-order valence-corrected chi connectivity index (χ0v) is 22.4. The van der Waals surface area contributed by atoms with E-state index in [9.17, 15) is 19.5 Å². The van der Waals surface area contributed by atoms with Crippen LogP contribution < -0.4 is 14.5 Å². The number of hydrogen-bond acceptors (Lipinski definition) is 6. The van der Waals surface area contributed by atoms with Gasteiger partial charge in [-0.2, -0.15) is 0 Å². The van der Waals surface area contributed by atoms with Crippen molar-refractivity contribution in [2.75, 3.05) is 30.5 Å². The highest BCUT2D eigenvalue weighted by molar-refractivity contribution is 6.51. The second-order valence-electron chi connectivity index (χ2n) is 10.1. The zero-order valence-electron chi connectivity index (χ0n) is 22.4. The smallest absolute Gasteiger partial charge is 0.307 e. The quantitative estimate of drug-likeness (QED) is 0.228. The lowest BCUT2D eigenvalue weighted by Crippen LogP contribution is -2.29. The van der Waals surface area contributed by atoms with Crippen molar-refractivity contribution >= 4 is 34.8 Å². The van der Waals surface area contributed by atoms with Crippen molar-refractivity contribution in [1.82, 2.24) is 0 Å². The van der Waals surface area contributed by atoms with Crippen molar-refractivity contribution < 1.29 is 29.3 Å². The van der Waals surface area contributed by atoms with Gasteiger partial charge in [0.2, 0.25) is 0 Å². The van der Waals surface area contributed by atoms with Crippen molar-refractivity contribution in [2.24, 2.45) is 5.92 Å². The number of nitrogens with zero attached hydrogens (tertiary/aromatic N) is 2. The van der Waals surface area contributed by atoms with Crippen LogP contribution in [0.1, 0.15) is 36.6 Å². The zero-order chi connectivity index (χ0) is 28.3. The number of carbonyl (C=O) groups excluding carboxylic acids is 2. The van der Waals surface area contributed by atoms with Crippen molar-refractivity contribution in [3.05, 3.63) is 95.1 Å². The SMILES string of the molecule is CC(C)COc1cccc(/C(O)=C2/C(=O)C(=O)N(c3ccc(CC(=O)O)cc3)C2c2ccc(N(C)C)cc2)c1. The highest BCUT2D eigenvalue weighted by atomic mass is 16.5. The summed E-state index contributed by atoms with van der Waals surface area (Å²) in [5.74, 6) is -2.00. The largest absolute Gasteiger partial charge is 0.507 e. The maximum absolute atomic E-state index is 13.4. The Kier molecular flexibility index (Phi) is 8.04. The average molecular weight is 529 g/mol. The third kappa shape index (κ3) is 5.95. The number of aliphatic hydroxyl groups is 1. The standard InChI is InChI=1S/C31H32N2O6/c1-19(2)18-39-25-7-5-6-22(17-25)29(36)27-28(21-10-14-23(15-11-21)32(3)4)33(31(38)30(27)37)24-12-8-20(9-13-24)16-26(34)35/h5-15,17,19,28,36H,16,18H2,1-4H3,(H,34,35)/b29-27-. The van der Waals surface area contributed by atoms with Crippen LogP contribution in [0.2, 0.25) is 0 Å². The lowest BCUT2D eigenvalue weighted by atomic mass is 9.94. The summed E-state index contributed by atoms with van der Waals surface area (Å²) in [6.45, 7) is 4.55. The summed E-state index contributed by atoms with van der Waals surface area (Å²) in [7, 11) is 3.82. The molecule has 0 saturated carbocycles. The number of aliphatic carboxylic acids is 1. The Morgan fingerprint density at radius 2 is 1.64 bits per heavy atom. The highest BCUT2D eigenvalue weighted by Gasteiger charge is 2.47. The molecule has 0 aliphatic carbocycles. The van der Waals surface area contributed by atoms with Crippen LogP contribution in [0.15, 0.2) is 78.4 Å². The molecule has 1 amide bonds. The minimum atomic E-state index is -0.969. The molecule has 1 aliphatic heterocycles. The number of ketones is 1. The van der Waals surface area contributed by atoms with Crippen LogP contribution in [-0.2, 0) is 20.8 Å². The Morgan fingerprint density at radius 3 is 2.23 bits per heavy atom. The Hall–Kier alpha value is -4.59. The molecule has 1 saturated heterocycles. The molecule has 202 valence electrons. The number of rotatable bonds is 9. The number of hydrogen-bond donors (Lipinski definition) is 2. The second kappa shape index (κ2) is 11.4. The maximum Gasteiger partial charge on any atom is 0.307 e. The van der Waals surface area contributed by atoms with Gasteiger partial charge in [0.1, 0.15) is 11.5 Å². The Balaban J connectivity index is 1.83. The van der Waals surface area contributed by atoms with E-state index in [1.54, 1.807) is 48.5 Å². The molecule has 0 radical (unpaired) electrons. The summed E-state index contributed by atoms with van der Waals surface area (Å²) < 4.78 is 5.80. The molecule has 0 bridgehead atoms. The van der Waals surface area contributed by atoms with Crippen molar-refractivity contribution in [2.45, 2.75) is 26.3 Å². The van der Waals surface area contributed by atoms with E-state index in [-0.39, 0.29) is 17.8 Å². The van der Waals surface area contributed by atoms with Crippen molar-refractivity contribution in [3.8, 4) is 5.75 Å². The molecule has 0 spiro atoms. The van der Waals surface area contributed by atoms with Crippen LogP contribution in [0.4, 0.5) is 11.4 Å². The highest BCUT2D eigenvalue weighted by Crippen LogP contribution is 2.42. The molecule has 1 unspecified atom stereocenters. The van der Waals surface area contributed by atoms with Gasteiger partial charge in [-0.15, -0.1) is 0 Å². The van der Waals surface area contributed by atoms with Gasteiger partial charge in [0.15, 0.2) is 0 Å². The van der Waals surface area contributed by atoms with Gasteiger partial charge in [-0.1, -0.05) is 50.2 Å². The Morgan fingerprint density at radius 1 is 0.974 bits per heavy atom. The Labute approximate surface area is 227 Å². The molecular weight excluding hydrogens is 496 g/mol. The summed E-state index contributed by atoms with van der Waals surface area (Å²) in [4.78, 5) is 41.3. The monoisotopic (exact) mass is 528 g/mol. The number of anilines is 2. The number of Topliss-reactive ketones (excluding diaryl/α,β-unsaturated/α-hetero) is 1. The molecule has 39 heavy (non-hydrogen) atoms. The number of ether oxygens (including phenoxy) is 1. The fourth-order valence-electron chi connectivity index (χ4n) is 4.47. The summed E-state index contributed by atoms with van der Waals surface area (Å²) in [5, 5.41) is 20.5. The van der Waals surface area contributed by atoms with E-state index < -0.39 is 23.7 Å². The molecule has 1 heterocycles. The van der Waals surface area contributed by atoms with E-state index in [2.05, 4.69) is 0 Å². The second-order valence-corrected chi connectivity index (χ2v) is 10.1. The molecular formula is C31H32N2O6. The summed E-state index contributed by atoms with van der Waals surface area (Å²) in [5.41, 5.74) is 2.88. The van der Waals surface area contributed by atoms with Gasteiger partial charge in [-0.05, 0) is 53.4 Å². The molecule has 0 aromatic heterocycles. The summed E-state index contributed by atoms with van der Waals surface area (Å²) in [6.07, 6.45) is -0.163. The normalized spacial score (nSPS) is 16.5. The van der Waals surface area contributed by atoms with E-state index in [0.29, 0.717) is 40.7 Å². The van der Waals surface area contributed by atoms with E-state index in [1.165, 1.54) is 4.90 Å². The third-order valence-corrected chi connectivity index (χ3v) is 6.43. The minimum Gasteiger partial charge on any atom is -0.507 e. The van der Waals surface area contributed by atoms with Crippen molar-refractivity contribution in [3.63, 3.8) is 0 Å². The number of carboxylic acids is 1. The van der Waals surface area contributed by atoms with Gasteiger partial charge >= 0.3 is 5.97 Å². The van der Waals surface area contributed by atoms with Gasteiger partial charge in [0.05, 0.1) is 24.6 Å². The van der Waals surface area contributed by atoms with Gasteiger partial charge in [-0.3, -0.25) is 19.3 Å². The van der Waals surface area contributed by atoms with Crippen LogP contribution >= 0.6 is 0 Å². The molecule has 3 aromatic carbocycles. The first-order valence-corrected chi connectivity index (χ1v) is 12.7. The fraction of sp³-hybridized carbons (Fsp3) is 0.258. The van der Waals surface area contributed by atoms with Crippen LogP contribution in [0.25, 0.3) is 5.76 Å². The molecule has 3 aromatic rings. The van der Waals surface area contributed by atoms with Crippen molar-refractivity contribution in [1.29, 1.82) is 0 Å². The number of carboxylic acid groups (broad SMARTS) is 1. The number of benzene rings is 3. The summed E-state index contributed by atoms with van der Waals surface area (Å²) in [6, 6.07) is 19.8. The third-order valence-electron chi connectivity index (χ3n) is 6.43. The number of carbonyl (C=O) groups is 3. The molecule has 1 fully saturated rings. The molecule has 1 atom stereocenters. The van der Waals surface area contributed by atoms with Gasteiger partial charge in [-0.25, -0.2) is 0 Å². The van der Waals surface area contributed by atoms with E-state index in [4.69, 9.17) is 9.84 Å². The molecule has 1 aliphatic rings. The van der Waals surface area contributed by atoms with Crippen LogP contribution in [0, 0.1) is 5.92 Å². The lowest BCUT2D eigenvalue weighted by Gasteiger charge is -2.26. The predicted molar refractivity (Wildman–Crippen MR) is 150 cm³/mol. The van der Waals surface area contributed by atoms with Gasteiger partial charge < -0.3 is 19.8 Å². The topological polar surface area (TPSA) is 107 Å². The minimum absolute atomic E-state index is 0.0341. The van der Waals surface area contributed by atoms with E-state index >= 15 is 0 Å². The lowest BCUT2D eigenvalue weighted by molar-refractivity contribution is -0.136. The maximum atomic E-state index is 13.4. The molecule has 8 nitrogen and oxygen atoms in total. The van der Waals surface area contributed by atoms with Crippen LogP contribution in [0.5, 0.6) is 5.75 Å².